The van der Waals surface area contributed by atoms with Crippen LogP contribution in [0.15, 0.2) is 29.3 Å². The zero-order valence-electron chi connectivity index (χ0n) is 15.4. The largest absolute Gasteiger partial charge is 0.356 e. The first-order valence-corrected chi connectivity index (χ1v) is 9.08. The van der Waals surface area contributed by atoms with E-state index in [4.69, 9.17) is 0 Å². The molecule has 25 heavy (non-hydrogen) atoms. The first-order chi connectivity index (χ1) is 11.7. The molecule has 0 amide bonds. The number of aliphatic imine (C=N–C) groups is 1. The van der Waals surface area contributed by atoms with Crippen molar-refractivity contribution in [1.29, 1.82) is 0 Å². The minimum atomic E-state index is -0.204. The molecule has 1 unspecified atom stereocenters. The highest BCUT2D eigenvalue weighted by Crippen LogP contribution is 2.15. The van der Waals surface area contributed by atoms with Crippen molar-refractivity contribution in [2.75, 3.05) is 33.2 Å². The van der Waals surface area contributed by atoms with Gasteiger partial charge < -0.3 is 15.5 Å². The van der Waals surface area contributed by atoms with Gasteiger partial charge in [-0.3, -0.25) is 4.99 Å². The first kappa shape index (κ1) is 22.2. The number of likely N-dealkylation sites (tertiary alicyclic amines) is 1. The van der Waals surface area contributed by atoms with Crippen molar-refractivity contribution >= 4 is 29.9 Å². The van der Waals surface area contributed by atoms with Crippen LogP contribution in [0.4, 0.5) is 4.39 Å². The molecule has 1 aromatic rings. The van der Waals surface area contributed by atoms with E-state index in [0.717, 1.165) is 30.4 Å². The number of benzene rings is 1. The van der Waals surface area contributed by atoms with E-state index < -0.39 is 0 Å². The van der Waals surface area contributed by atoms with Gasteiger partial charge in [-0.05, 0) is 62.4 Å². The van der Waals surface area contributed by atoms with E-state index in [-0.39, 0.29) is 29.8 Å². The molecule has 0 aliphatic carbocycles. The number of nitrogens with one attached hydrogen (secondary N) is 2. The third-order valence-corrected chi connectivity index (χ3v) is 4.53. The molecule has 1 fully saturated rings. The first-order valence-electron chi connectivity index (χ1n) is 9.08. The van der Waals surface area contributed by atoms with Crippen LogP contribution in [0.3, 0.4) is 0 Å². The Morgan fingerprint density at radius 3 is 2.68 bits per heavy atom. The van der Waals surface area contributed by atoms with Gasteiger partial charge in [0.15, 0.2) is 5.96 Å². The number of halogens is 2. The van der Waals surface area contributed by atoms with Gasteiger partial charge in [0.1, 0.15) is 5.82 Å². The third kappa shape index (κ3) is 8.85. The van der Waals surface area contributed by atoms with Gasteiger partial charge in [-0.1, -0.05) is 19.1 Å². The summed E-state index contributed by atoms with van der Waals surface area (Å²) in [5, 5.41) is 6.60. The molecule has 1 aliphatic rings. The topological polar surface area (TPSA) is 39.7 Å². The van der Waals surface area contributed by atoms with Crippen molar-refractivity contribution in [3.63, 3.8) is 0 Å². The molecule has 0 radical (unpaired) electrons. The smallest absolute Gasteiger partial charge is 0.191 e. The summed E-state index contributed by atoms with van der Waals surface area (Å²) in [4.78, 5) is 6.82. The molecule has 0 bridgehead atoms. The Morgan fingerprint density at radius 2 is 2.00 bits per heavy atom. The highest BCUT2D eigenvalue weighted by Gasteiger charge is 2.15. The molecule has 0 saturated carbocycles. The molecular weight excluding hydrogens is 430 g/mol. The number of guanidine groups is 1. The quantitative estimate of drug-likeness (QED) is 0.282. The molecule has 1 aromatic carbocycles. The Morgan fingerprint density at radius 1 is 1.24 bits per heavy atom. The van der Waals surface area contributed by atoms with Crippen LogP contribution in [0, 0.1) is 11.7 Å². The standard InChI is InChI=1S/C19H31FN4.HI/c1-16-6-5-13-24(15-16)12-4-3-11-22-19(21-2)23-14-17-7-9-18(20)10-8-17;/h7-10,16H,3-6,11-15H2,1-2H3,(H2,21,22,23);1H. The van der Waals surface area contributed by atoms with Gasteiger partial charge in [0.05, 0.1) is 0 Å². The minimum Gasteiger partial charge on any atom is -0.356 e. The molecule has 142 valence electrons. The second-order valence-electron chi connectivity index (χ2n) is 6.73. The molecule has 1 saturated heterocycles. The predicted molar refractivity (Wildman–Crippen MR) is 114 cm³/mol. The highest BCUT2D eigenvalue weighted by molar-refractivity contribution is 14.0. The summed E-state index contributed by atoms with van der Waals surface area (Å²) in [6.45, 7) is 7.64. The number of hydrogen-bond acceptors (Lipinski definition) is 2. The van der Waals surface area contributed by atoms with Crippen LogP contribution < -0.4 is 10.6 Å². The van der Waals surface area contributed by atoms with Crippen LogP contribution in [0.2, 0.25) is 0 Å². The van der Waals surface area contributed by atoms with Crippen molar-refractivity contribution < 1.29 is 4.39 Å². The summed E-state index contributed by atoms with van der Waals surface area (Å²) in [7, 11) is 1.77. The Kier molecular flexibility index (Phi) is 11.0. The Hall–Kier alpha value is -0.890. The van der Waals surface area contributed by atoms with Gasteiger partial charge in [-0.25, -0.2) is 4.39 Å². The summed E-state index contributed by atoms with van der Waals surface area (Å²) in [5.74, 6) is 1.45. The van der Waals surface area contributed by atoms with E-state index >= 15 is 0 Å². The second-order valence-corrected chi connectivity index (χ2v) is 6.73. The molecule has 4 nitrogen and oxygen atoms in total. The van der Waals surface area contributed by atoms with Crippen LogP contribution in [-0.2, 0) is 6.54 Å². The van der Waals surface area contributed by atoms with Crippen LogP contribution >= 0.6 is 24.0 Å². The maximum atomic E-state index is 12.9. The molecule has 2 rings (SSSR count). The summed E-state index contributed by atoms with van der Waals surface area (Å²) in [6.07, 6.45) is 5.09. The molecule has 1 aliphatic heterocycles. The average Bonchev–Trinajstić information content (AvgIpc) is 2.59. The molecule has 0 aromatic heterocycles. The lowest BCUT2D eigenvalue weighted by molar-refractivity contribution is 0.181. The molecule has 1 heterocycles. The zero-order chi connectivity index (χ0) is 17.2. The third-order valence-electron chi connectivity index (χ3n) is 4.53. The predicted octanol–water partition coefficient (Wildman–Crippen LogP) is 3.62. The lowest BCUT2D eigenvalue weighted by Crippen LogP contribution is -2.38. The summed E-state index contributed by atoms with van der Waals surface area (Å²) in [5.41, 5.74) is 1.04. The van der Waals surface area contributed by atoms with Gasteiger partial charge in [-0.15, -0.1) is 24.0 Å². The molecule has 2 N–H and O–H groups in total. The Balaban J connectivity index is 0.00000312. The van der Waals surface area contributed by atoms with Gasteiger partial charge in [0, 0.05) is 26.7 Å². The van der Waals surface area contributed by atoms with Crippen LogP contribution in [0.25, 0.3) is 0 Å². The van der Waals surface area contributed by atoms with Crippen LogP contribution in [-0.4, -0.2) is 44.1 Å². The molecule has 6 heteroatoms. The fourth-order valence-corrected chi connectivity index (χ4v) is 3.17. The lowest BCUT2D eigenvalue weighted by atomic mass is 10.0. The van der Waals surface area contributed by atoms with Crippen molar-refractivity contribution in [1.82, 2.24) is 15.5 Å². The number of nitrogens with zero attached hydrogens (tertiary/aromatic N) is 2. The number of unbranched alkanes of at least 4 members (excludes halogenated alkanes) is 1. The van der Waals surface area contributed by atoms with E-state index in [9.17, 15) is 4.39 Å². The van der Waals surface area contributed by atoms with Gasteiger partial charge >= 0.3 is 0 Å². The fourth-order valence-electron chi connectivity index (χ4n) is 3.17. The summed E-state index contributed by atoms with van der Waals surface area (Å²) < 4.78 is 12.9. The average molecular weight is 462 g/mol. The van der Waals surface area contributed by atoms with Crippen LogP contribution in [0.5, 0.6) is 0 Å². The van der Waals surface area contributed by atoms with Gasteiger partial charge in [0.2, 0.25) is 0 Å². The lowest BCUT2D eigenvalue weighted by Gasteiger charge is -2.30. The zero-order valence-corrected chi connectivity index (χ0v) is 17.8. The normalized spacial score (nSPS) is 18.5. The number of hydrogen-bond donors (Lipinski definition) is 2. The van der Waals surface area contributed by atoms with Gasteiger partial charge in [0.25, 0.3) is 0 Å². The van der Waals surface area contributed by atoms with Gasteiger partial charge in [-0.2, -0.15) is 0 Å². The SMILES string of the molecule is CN=C(NCCCCN1CCCC(C)C1)NCc1ccc(F)cc1.I. The van der Waals surface area contributed by atoms with Crippen LogP contribution in [0.1, 0.15) is 38.2 Å². The molecular formula is C19H32FIN4. The van der Waals surface area contributed by atoms with Crippen molar-refractivity contribution in [2.24, 2.45) is 10.9 Å². The van der Waals surface area contributed by atoms with E-state index in [1.807, 2.05) is 0 Å². The maximum Gasteiger partial charge on any atom is 0.191 e. The fraction of sp³-hybridized carbons (Fsp3) is 0.632. The van der Waals surface area contributed by atoms with E-state index in [2.05, 4.69) is 27.4 Å². The highest BCUT2D eigenvalue weighted by atomic mass is 127. The maximum absolute atomic E-state index is 12.9. The van der Waals surface area contributed by atoms with Crippen molar-refractivity contribution in [3.05, 3.63) is 35.6 Å². The number of rotatable bonds is 7. The number of piperidine rings is 1. The molecule has 0 spiro atoms. The monoisotopic (exact) mass is 462 g/mol. The minimum absolute atomic E-state index is 0. The van der Waals surface area contributed by atoms with Crippen molar-refractivity contribution in [3.8, 4) is 0 Å². The Labute approximate surface area is 168 Å². The molecule has 1 atom stereocenters. The second kappa shape index (κ2) is 12.5. The summed E-state index contributed by atoms with van der Waals surface area (Å²) >= 11 is 0. The Bertz CT molecular complexity index is 507. The van der Waals surface area contributed by atoms with Crippen molar-refractivity contribution in [2.45, 2.75) is 39.2 Å². The van der Waals surface area contributed by atoms with E-state index in [1.54, 1.807) is 19.2 Å². The summed E-state index contributed by atoms with van der Waals surface area (Å²) in [6, 6.07) is 6.54. The van der Waals surface area contributed by atoms with E-state index in [1.165, 1.54) is 51.0 Å². The van der Waals surface area contributed by atoms with E-state index in [0.29, 0.717) is 6.54 Å².